The van der Waals surface area contributed by atoms with Crippen LogP contribution in [0.1, 0.15) is 23.4 Å². The van der Waals surface area contributed by atoms with Crippen LogP contribution in [0.2, 0.25) is 0 Å². The van der Waals surface area contributed by atoms with Crippen LogP contribution in [0.15, 0.2) is 10.5 Å². The number of nitrogens with one attached hydrogen (secondary N) is 1. The number of nitrogens with zero attached hydrogens (tertiary/aromatic N) is 3. The molecule has 1 aromatic rings. The summed E-state index contributed by atoms with van der Waals surface area (Å²) in [6.45, 7) is 5.34. The number of guanidine groups is 1. The monoisotopic (exact) mass is 424 g/mol. The number of ether oxygens (including phenoxy) is 1. The van der Waals surface area contributed by atoms with E-state index in [0.717, 1.165) is 43.9 Å². The molecule has 1 aliphatic rings. The number of aromatic nitrogens is 1. The van der Waals surface area contributed by atoms with E-state index in [1.54, 1.807) is 11.3 Å². The highest BCUT2D eigenvalue weighted by atomic mass is 127. The molecule has 7 heteroatoms. The molecule has 120 valence electrons. The SMILES string of the molecule is CN=C(NCc1scnc1C)N(C)CCOCC1CC1.I. The third kappa shape index (κ3) is 6.48. The fraction of sp³-hybridized carbons (Fsp3) is 0.714. The van der Waals surface area contributed by atoms with Crippen molar-refractivity contribution >= 4 is 41.3 Å². The van der Waals surface area contributed by atoms with Gasteiger partial charge in [0.25, 0.3) is 0 Å². The van der Waals surface area contributed by atoms with Crippen molar-refractivity contribution in [1.29, 1.82) is 0 Å². The minimum absolute atomic E-state index is 0. The molecule has 1 heterocycles. The van der Waals surface area contributed by atoms with E-state index in [1.807, 2.05) is 26.5 Å². The average molecular weight is 424 g/mol. The molecule has 0 radical (unpaired) electrons. The Bertz CT molecular complexity index is 448. The zero-order valence-corrected chi connectivity index (χ0v) is 16.1. The number of aliphatic imine (C=N–C) groups is 1. The molecule has 1 N–H and O–H groups in total. The van der Waals surface area contributed by atoms with Crippen molar-refractivity contribution in [1.82, 2.24) is 15.2 Å². The van der Waals surface area contributed by atoms with Crippen molar-refractivity contribution in [3.05, 3.63) is 16.1 Å². The highest BCUT2D eigenvalue weighted by Crippen LogP contribution is 2.28. The number of rotatable bonds is 7. The normalized spacial score (nSPS) is 14.7. The van der Waals surface area contributed by atoms with E-state index in [4.69, 9.17) is 4.74 Å². The van der Waals surface area contributed by atoms with E-state index in [-0.39, 0.29) is 24.0 Å². The Morgan fingerprint density at radius 1 is 1.57 bits per heavy atom. The minimum atomic E-state index is 0. The second kappa shape index (κ2) is 9.58. The van der Waals surface area contributed by atoms with Crippen LogP contribution in [0.5, 0.6) is 0 Å². The minimum Gasteiger partial charge on any atom is -0.379 e. The maximum atomic E-state index is 5.66. The van der Waals surface area contributed by atoms with Crippen LogP contribution in [0, 0.1) is 12.8 Å². The van der Waals surface area contributed by atoms with E-state index in [1.165, 1.54) is 17.7 Å². The maximum absolute atomic E-state index is 5.66. The van der Waals surface area contributed by atoms with Gasteiger partial charge in [-0.3, -0.25) is 4.99 Å². The summed E-state index contributed by atoms with van der Waals surface area (Å²) in [5.41, 5.74) is 2.97. The standard InChI is InChI=1S/C14H24N4OS.HI/c1-11-13(20-10-17-11)8-16-14(15-2)18(3)6-7-19-9-12-4-5-12;/h10,12H,4-9H2,1-3H3,(H,15,16);1H. The van der Waals surface area contributed by atoms with E-state index in [2.05, 4.69) is 20.2 Å². The van der Waals surface area contributed by atoms with Gasteiger partial charge in [0.15, 0.2) is 5.96 Å². The quantitative estimate of drug-likeness (QED) is 0.316. The molecular weight excluding hydrogens is 399 g/mol. The van der Waals surface area contributed by atoms with E-state index < -0.39 is 0 Å². The third-order valence-corrected chi connectivity index (χ3v) is 4.38. The first-order valence-corrected chi connectivity index (χ1v) is 7.97. The Balaban J connectivity index is 0.00000220. The molecule has 0 amide bonds. The van der Waals surface area contributed by atoms with Crippen molar-refractivity contribution < 1.29 is 4.74 Å². The first kappa shape index (κ1) is 18.6. The van der Waals surface area contributed by atoms with Gasteiger partial charge in [-0.25, -0.2) is 4.98 Å². The molecular formula is C14H25IN4OS. The predicted molar refractivity (Wildman–Crippen MR) is 98.6 cm³/mol. The molecule has 0 aliphatic heterocycles. The smallest absolute Gasteiger partial charge is 0.193 e. The van der Waals surface area contributed by atoms with Gasteiger partial charge in [-0.05, 0) is 25.7 Å². The molecule has 0 saturated heterocycles. The van der Waals surface area contributed by atoms with Crippen LogP contribution in [-0.4, -0.2) is 49.7 Å². The Morgan fingerprint density at radius 2 is 2.33 bits per heavy atom. The van der Waals surface area contributed by atoms with E-state index in [0.29, 0.717) is 0 Å². The molecule has 21 heavy (non-hydrogen) atoms. The summed E-state index contributed by atoms with van der Waals surface area (Å²) in [5.74, 6) is 1.72. The van der Waals surface area contributed by atoms with Gasteiger partial charge in [0.2, 0.25) is 0 Å². The second-order valence-electron chi connectivity index (χ2n) is 5.20. The summed E-state index contributed by atoms with van der Waals surface area (Å²) >= 11 is 1.67. The number of hydrogen-bond donors (Lipinski definition) is 1. The fourth-order valence-electron chi connectivity index (χ4n) is 1.88. The van der Waals surface area contributed by atoms with Crippen molar-refractivity contribution in [2.24, 2.45) is 10.9 Å². The predicted octanol–water partition coefficient (Wildman–Crippen LogP) is 2.50. The zero-order chi connectivity index (χ0) is 14.4. The van der Waals surface area contributed by atoms with Crippen LogP contribution in [0.4, 0.5) is 0 Å². The second-order valence-corrected chi connectivity index (χ2v) is 6.14. The Labute approximate surface area is 148 Å². The number of thiazole rings is 1. The lowest BCUT2D eigenvalue weighted by molar-refractivity contribution is 0.115. The summed E-state index contributed by atoms with van der Waals surface area (Å²) in [7, 11) is 3.85. The van der Waals surface area contributed by atoms with Gasteiger partial charge in [0.05, 0.1) is 24.4 Å². The largest absolute Gasteiger partial charge is 0.379 e. The van der Waals surface area contributed by atoms with Gasteiger partial charge in [-0.15, -0.1) is 35.3 Å². The molecule has 0 aromatic carbocycles. The highest BCUT2D eigenvalue weighted by molar-refractivity contribution is 14.0. The Kier molecular flexibility index (Phi) is 8.50. The van der Waals surface area contributed by atoms with Crippen LogP contribution in [0.25, 0.3) is 0 Å². The molecule has 0 unspecified atom stereocenters. The summed E-state index contributed by atoms with van der Waals surface area (Å²) in [4.78, 5) is 11.9. The summed E-state index contributed by atoms with van der Waals surface area (Å²) in [6, 6.07) is 0. The van der Waals surface area contributed by atoms with Crippen LogP contribution < -0.4 is 5.32 Å². The van der Waals surface area contributed by atoms with E-state index in [9.17, 15) is 0 Å². The lowest BCUT2D eigenvalue weighted by Crippen LogP contribution is -2.40. The molecule has 0 atom stereocenters. The third-order valence-electron chi connectivity index (χ3n) is 3.45. The summed E-state index contributed by atoms with van der Waals surface area (Å²) < 4.78 is 5.66. The zero-order valence-electron chi connectivity index (χ0n) is 13.0. The molecule has 1 aromatic heterocycles. The number of hydrogen-bond acceptors (Lipinski definition) is 4. The van der Waals surface area contributed by atoms with Gasteiger partial charge in [-0.1, -0.05) is 0 Å². The van der Waals surface area contributed by atoms with Crippen molar-refractivity contribution in [3.63, 3.8) is 0 Å². The van der Waals surface area contributed by atoms with Gasteiger partial charge in [0.1, 0.15) is 0 Å². The molecule has 0 bridgehead atoms. The van der Waals surface area contributed by atoms with Gasteiger partial charge in [0, 0.05) is 32.1 Å². The van der Waals surface area contributed by atoms with Crippen LogP contribution in [-0.2, 0) is 11.3 Å². The van der Waals surface area contributed by atoms with Gasteiger partial charge >= 0.3 is 0 Å². The van der Waals surface area contributed by atoms with Crippen molar-refractivity contribution in [2.75, 3.05) is 33.9 Å². The van der Waals surface area contributed by atoms with Gasteiger partial charge < -0.3 is 15.0 Å². The lowest BCUT2D eigenvalue weighted by Gasteiger charge is -2.21. The number of aryl methyl sites for hydroxylation is 1. The van der Waals surface area contributed by atoms with Crippen LogP contribution >= 0.6 is 35.3 Å². The Hall–Kier alpha value is -0.410. The van der Waals surface area contributed by atoms with Crippen molar-refractivity contribution in [2.45, 2.75) is 26.3 Å². The molecule has 1 aliphatic carbocycles. The van der Waals surface area contributed by atoms with E-state index >= 15 is 0 Å². The first-order chi connectivity index (χ1) is 9.70. The molecule has 1 saturated carbocycles. The maximum Gasteiger partial charge on any atom is 0.193 e. The average Bonchev–Trinajstić information content (AvgIpc) is 3.18. The summed E-state index contributed by atoms with van der Waals surface area (Å²) in [5, 5.41) is 3.37. The molecule has 2 rings (SSSR count). The fourth-order valence-corrected chi connectivity index (χ4v) is 2.60. The molecule has 5 nitrogen and oxygen atoms in total. The van der Waals surface area contributed by atoms with Crippen molar-refractivity contribution in [3.8, 4) is 0 Å². The highest BCUT2D eigenvalue weighted by Gasteiger charge is 2.21. The number of likely N-dealkylation sites (N-methyl/N-ethyl adjacent to an activating group) is 1. The van der Waals surface area contributed by atoms with Gasteiger partial charge in [-0.2, -0.15) is 0 Å². The molecule has 1 fully saturated rings. The first-order valence-electron chi connectivity index (χ1n) is 7.09. The Morgan fingerprint density at radius 3 is 2.90 bits per heavy atom. The number of halogens is 1. The summed E-state index contributed by atoms with van der Waals surface area (Å²) in [6.07, 6.45) is 2.68. The lowest BCUT2D eigenvalue weighted by atomic mass is 10.4. The molecule has 0 spiro atoms. The van der Waals surface area contributed by atoms with Crippen LogP contribution in [0.3, 0.4) is 0 Å². The topological polar surface area (TPSA) is 49.8 Å².